The number of hydrogen-bond acceptors (Lipinski definition) is 2. The Morgan fingerprint density at radius 2 is 2.22 bits per heavy atom. The van der Waals surface area contributed by atoms with Gasteiger partial charge < -0.3 is 10.6 Å². The second-order valence-corrected chi connectivity index (χ2v) is 6.52. The first-order valence-corrected chi connectivity index (χ1v) is 7.64. The second kappa shape index (κ2) is 6.17. The number of halogens is 2. The summed E-state index contributed by atoms with van der Waals surface area (Å²) in [4.78, 5) is 12.2. The fourth-order valence-electron chi connectivity index (χ4n) is 2.12. The normalized spacial score (nSPS) is 23.7. The SMILES string of the molecule is CC1CCNC(C(=O)Nc2cc(Br)ccc2Br)C1. The molecular formula is C13H16Br2N2O. The molecule has 1 saturated heterocycles. The van der Waals surface area contributed by atoms with Gasteiger partial charge in [-0.1, -0.05) is 22.9 Å². The maximum atomic E-state index is 12.2. The van der Waals surface area contributed by atoms with Crippen LogP contribution in [-0.4, -0.2) is 18.5 Å². The number of amides is 1. The minimum Gasteiger partial charge on any atom is -0.324 e. The summed E-state index contributed by atoms with van der Waals surface area (Å²) in [5, 5.41) is 6.23. The van der Waals surface area contributed by atoms with Crippen molar-refractivity contribution in [3.8, 4) is 0 Å². The van der Waals surface area contributed by atoms with E-state index in [-0.39, 0.29) is 11.9 Å². The number of nitrogens with one attached hydrogen (secondary N) is 2. The quantitative estimate of drug-likeness (QED) is 0.829. The lowest BCUT2D eigenvalue weighted by atomic mass is 9.94. The van der Waals surface area contributed by atoms with Crippen LogP contribution < -0.4 is 10.6 Å². The summed E-state index contributed by atoms with van der Waals surface area (Å²) in [5.41, 5.74) is 0.800. The van der Waals surface area contributed by atoms with Crippen molar-refractivity contribution in [2.75, 3.05) is 11.9 Å². The lowest BCUT2D eigenvalue weighted by Gasteiger charge is -2.27. The Balaban J connectivity index is 2.04. The Hall–Kier alpha value is -0.390. The zero-order valence-corrected chi connectivity index (χ0v) is 13.3. The van der Waals surface area contributed by atoms with E-state index < -0.39 is 0 Å². The molecule has 1 aliphatic rings. The molecule has 2 rings (SSSR count). The molecule has 1 aliphatic heterocycles. The molecule has 0 aliphatic carbocycles. The molecule has 0 radical (unpaired) electrons. The number of rotatable bonds is 2. The van der Waals surface area contributed by atoms with Crippen LogP contribution in [0.15, 0.2) is 27.1 Å². The van der Waals surface area contributed by atoms with E-state index in [0.29, 0.717) is 5.92 Å². The van der Waals surface area contributed by atoms with Gasteiger partial charge in [-0.2, -0.15) is 0 Å². The third-order valence-corrected chi connectivity index (χ3v) is 4.35. The average molecular weight is 376 g/mol. The van der Waals surface area contributed by atoms with Gasteiger partial charge in [0, 0.05) is 8.95 Å². The summed E-state index contributed by atoms with van der Waals surface area (Å²) in [6.07, 6.45) is 2.04. The number of carbonyl (C=O) groups is 1. The molecule has 1 heterocycles. The van der Waals surface area contributed by atoms with Gasteiger partial charge in [0.05, 0.1) is 11.7 Å². The zero-order valence-electron chi connectivity index (χ0n) is 10.2. The molecule has 18 heavy (non-hydrogen) atoms. The van der Waals surface area contributed by atoms with Crippen molar-refractivity contribution in [2.45, 2.75) is 25.8 Å². The predicted octanol–water partition coefficient (Wildman–Crippen LogP) is 3.54. The minimum absolute atomic E-state index is 0.0420. The minimum atomic E-state index is -0.0837. The molecule has 0 saturated carbocycles. The third-order valence-electron chi connectivity index (χ3n) is 3.17. The van der Waals surface area contributed by atoms with Gasteiger partial charge in [-0.3, -0.25) is 4.79 Å². The van der Waals surface area contributed by atoms with Crippen molar-refractivity contribution in [3.05, 3.63) is 27.1 Å². The van der Waals surface area contributed by atoms with Crippen molar-refractivity contribution in [1.29, 1.82) is 0 Å². The summed E-state index contributed by atoms with van der Waals surface area (Å²) in [7, 11) is 0. The predicted molar refractivity (Wildman–Crippen MR) is 80.7 cm³/mol. The monoisotopic (exact) mass is 374 g/mol. The van der Waals surface area contributed by atoms with Gasteiger partial charge in [-0.25, -0.2) is 0 Å². The van der Waals surface area contributed by atoms with Gasteiger partial charge in [0.15, 0.2) is 0 Å². The van der Waals surface area contributed by atoms with E-state index in [1.54, 1.807) is 0 Å². The lowest BCUT2D eigenvalue weighted by molar-refractivity contribution is -0.119. The second-order valence-electron chi connectivity index (χ2n) is 4.75. The molecule has 1 amide bonds. The van der Waals surface area contributed by atoms with Crippen molar-refractivity contribution in [1.82, 2.24) is 5.32 Å². The van der Waals surface area contributed by atoms with E-state index in [4.69, 9.17) is 0 Å². The van der Waals surface area contributed by atoms with Crippen LogP contribution in [0.3, 0.4) is 0 Å². The van der Waals surface area contributed by atoms with E-state index >= 15 is 0 Å². The van der Waals surface area contributed by atoms with Gasteiger partial charge in [0.2, 0.25) is 5.91 Å². The largest absolute Gasteiger partial charge is 0.324 e. The number of anilines is 1. The summed E-state index contributed by atoms with van der Waals surface area (Å²) >= 11 is 6.84. The fourth-order valence-corrected chi connectivity index (χ4v) is 2.83. The van der Waals surface area contributed by atoms with E-state index in [0.717, 1.165) is 34.0 Å². The Morgan fingerprint density at radius 3 is 2.94 bits per heavy atom. The van der Waals surface area contributed by atoms with Gasteiger partial charge in [0.25, 0.3) is 0 Å². The highest BCUT2D eigenvalue weighted by atomic mass is 79.9. The summed E-state index contributed by atoms with van der Waals surface area (Å²) in [6.45, 7) is 3.11. The van der Waals surface area contributed by atoms with E-state index in [9.17, 15) is 4.79 Å². The van der Waals surface area contributed by atoms with Crippen molar-refractivity contribution in [2.24, 2.45) is 5.92 Å². The highest BCUT2D eigenvalue weighted by Crippen LogP contribution is 2.26. The highest BCUT2D eigenvalue weighted by molar-refractivity contribution is 9.11. The van der Waals surface area contributed by atoms with E-state index in [1.807, 2.05) is 18.2 Å². The maximum absolute atomic E-state index is 12.2. The van der Waals surface area contributed by atoms with Crippen LogP contribution in [0.25, 0.3) is 0 Å². The summed E-state index contributed by atoms with van der Waals surface area (Å²) < 4.78 is 1.84. The molecule has 2 unspecified atom stereocenters. The van der Waals surface area contributed by atoms with Gasteiger partial charge in [-0.05, 0) is 59.4 Å². The molecule has 0 aromatic heterocycles. The van der Waals surface area contributed by atoms with Crippen LogP contribution in [0.5, 0.6) is 0 Å². The maximum Gasteiger partial charge on any atom is 0.241 e. The lowest BCUT2D eigenvalue weighted by Crippen LogP contribution is -2.45. The van der Waals surface area contributed by atoms with Crippen LogP contribution in [-0.2, 0) is 4.79 Å². The Labute approximate surface area is 124 Å². The number of hydrogen-bond donors (Lipinski definition) is 2. The van der Waals surface area contributed by atoms with Gasteiger partial charge in [0.1, 0.15) is 0 Å². The number of carbonyl (C=O) groups excluding carboxylic acids is 1. The van der Waals surface area contributed by atoms with Crippen LogP contribution in [0.4, 0.5) is 5.69 Å². The molecule has 2 atom stereocenters. The van der Waals surface area contributed by atoms with Crippen molar-refractivity contribution < 1.29 is 4.79 Å². The fraction of sp³-hybridized carbons (Fsp3) is 0.462. The molecule has 3 nitrogen and oxygen atoms in total. The van der Waals surface area contributed by atoms with Crippen LogP contribution in [0.1, 0.15) is 19.8 Å². The molecule has 5 heteroatoms. The van der Waals surface area contributed by atoms with E-state index in [2.05, 4.69) is 49.4 Å². The van der Waals surface area contributed by atoms with Gasteiger partial charge >= 0.3 is 0 Å². The molecule has 2 N–H and O–H groups in total. The first-order chi connectivity index (χ1) is 8.56. The topological polar surface area (TPSA) is 41.1 Å². The van der Waals surface area contributed by atoms with Crippen molar-refractivity contribution in [3.63, 3.8) is 0 Å². The Morgan fingerprint density at radius 1 is 1.44 bits per heavy atom. The molecule has 0 spiro atoms. The molecule has 1 aromatic rings. The molecule has 0 bridgehead atoms. The Bertz CT molecular complexity index is 451. The molecular weight excluding hydrogens is 360 g/mol. The molecule has 1 fully saturated rings. The van der Waals surface area contributed by atoms with Crippen molar-refractivity contribution >= 4 is 43.5 Å². The molecule has 98 valence electrons. The number of benzene rings is 1. The first-order valence-electron chi connectivity index (χ1n) is 6.05. The third kappa shape index (κ3) is 3.56. The van der Waals surface area contributed by atoms with Crippen LogP contribution >= 0.6 is 31.9 Å². The molecule has 1 aromatic carbocycles. The zero-order chi connectivity index (χ0) is 13.1. The smallest absolute Gasteiger partial charge is 0.241 e. The van der Waals surface area contributed by atoms with Gasteiger partial charge in [-0.15, -0.1) is 0 Å². The van der Waals surface area contributed by atoms with E-state index in [1.165, 1.54) is 0 Å². The summed E-state index contributed by atoms with van der Waals surface area (Å²) in [6, 6.07) is 5.66. The summed E-state index contributed by atoms with van der Waals surface area (Å²) in [5.74, 6) is 0.647. The first kappa shape index (κ1) is 14.0. The standard InChI is InChI=1S/C13H16Br2N2O/c1-8-4-5-16-12(6-8)13(18)17-11-7-9(14)2-3-10(11)15/h2-3,7-8,12,16H,4-6H2,1H3,(H,17,18). The van der Waals surface area contributed by atoms with Crippen LogP contribution in [0.2, 0.25) is 0 Å². The Kier molecular flexibility index (Phi) is 4.81. The van der Waals surface area contributed by atoms with Crippen LogP contribution in [0, 0.1) is 5.92 Å². The number of piperidine rings is 1. The average Bonchev–Trinajstić information content (AvgIpc) is 2.34. The highest BCUT2D eigenvalue weighted by Gasteiger charge is 2.24.